The SMILES string of the molecule is CC1(C)C(=C=CC2CCCC(/C=C/C3=[N+](CCCCCC(=O)Nc4ccccc4)c4ccccc4C3(C)C)=C2Cl)N(CCCCCC(=O)Nc2ccccc2)c2ccccc21.O=C([O-])C(F)(F)F. The molecule has 0 radical (unpaired) electrons. The number of carbonyl (C=O) groups excluding carboxylic acids is 3. The number of nitrogens with one attached hydrogen (secondary N) is 2. The maximum atomic E-state index is 12.6. The molecule has 68 heavy (non-hydrogen) atoms. The fourth-order valence-electron chi connectivity index (χ4n) is 9.33. The lowest BCUT2D eigenvalue weighted by atomic mass is 9.81. The number of carbonyl (C=O) groups is 3. The van der Waals surface area contributed by atoms with Crippen molar-refractivity contribution in [3.05, 3.63) is 161 Å². The number of carboxylic acid groups (broad SMARTS) is 1. The smallest absolute Gasteiger partial charge is 0.430 e. The first-order valence-electron chi connectivity index (χ1n) is 23.6. The van der Waals surface area contributed by atoms with Gasteiger partial charge in [-0.15, -0.1) is 5.73 Å². The summed E-state index contributed by atoms with van der Waals surface area (Å²) in [5.74, 6) is -2.77. The Labute approximate surface area is 404 Å². The minimum absolute atomic E-state index is 0.0657. The Hall–Kier alpha value is -6.16. The van der Waals surface area contributed by atoms with E-state index in [1.165, 1.54) is 39.5 Å². The van der Waals surface area contributed by atoms with Gasteiger partial charge < -0.3 is 25.4 Å². The largest absolute Gasteiger partial charge is 0.542 e. The highest BCUT2D eigenvalue weighted by molar-refractivity contribution is 6.30. The second-order valence-electron chi connectivity index (χ2n) is 18.6. The summed E-state index contributed by atoms with van der Waals surface area (Å²) in [6.45, 7) is 11.0. The van der Waals surface area contributed by atoms with Crippen LogP contribution < -0.4 is 20.6 Å². The Morgan fingerprint density at radius 1 is 0.750 bits per heavy atom. The van der Waals surface area contributed by atoms with Gasteiger partial charge in [0.25, 0.3) is 0 Å². The number of fused-ring (bicyclic) bond motifs is 2. The molecule has 358 valence electrons. The van der Waals surface area contributed by atoms with Crippen molar-refractivity contribution in [2.75, 3.05) is 28.6 Å². The van der Waals surface area contributed by atoms with Crippen molar-refractivity contribution in [2.24, 2.45) is 5.92 Å². The number of nitrogens with zero attached hydrogens (tertiary/aromatic N) is 2. The van der Waals surface area contributed by atoms with E-state index in [0.717, 1.165) is 87.3 Å². The molecule has 4 aromatic rings. The third-order valence-corrected chi connectivity index (χ3v) is 13.4. The van der Waals surface area contributed by atoms with Crippen molar-refractivity contribution >= 4 is 57.8 Å². The second-order valence-corrected chi connectivity index (χ2v) is 19.0. The van der Waals surface area contributed by atoms with Crippen LogP contribution in [0.1, 0.15) is 109 Å². The van der Waals surface area contributed by atoms with Gasteiger partial charge in [-0.3, -0.25) is 9.59 Å². The number of amides is 2. The van der Waals surface area contributed by atoms with Crippen LogP contribution in [0.2, 0.25) is 0 Å². The van der Waals surface area contributed by atoms with Gasteiger partial charge in [0.15, 0.2) is 5.71 Å². The highest BCUT2D eigenvalue weighted by Gasteiger charge is 2.44. The number of unbranched alkanes of at least 4 members (excludes halogenated alkanes) is 4. The molecule has 2 heterocycles. The van der Waals surface area contributed by atoms with Gasteiger partial charge in [0.05, 0.1) is 11.1 Å². The van der Waals surface area contributed by atoms with E-state index in [-0.39, 0.29) is 28.6 Å². The predicted octanol–water partition coefficient (Wildman–Crippen LogP) is 12.4. The van der Waals surface area contributed by atoms with Crippen LogP contribution in [0.3, 0.4) is 0 Å². The van der Waals surface area contributed by atoms with Crippen molar-refractivity contribution in [3.8, 4) is 0 Å². The molecule has 0 spiro atoms. The van der Waals surface area contributed by atoms with Gasteiger partial charge in [-0.1, -0.05) is 96.9 Å². The van der Waals surface area contributed by atoms with Crippen LogP contribution in [0.5, 0.6) is 0 Å². The molecule has 0 fully saturated rings. The molecular weight excluding hydrogens is 885 g/mol. The number of carboxylic acids is 1. The molecule has 0 saturated carbocycles. The minimum atomic E-state index is -5.19. The molecule has 1 unspecified atom stereocenters. The van der Waals surface area contributed by atoms with Gasteiger partial charge >= 0.3 is 6.18 Å². The van der Waals surface area contributed by atoms with Gasteiger partial charge in [0.1, 0.15) is 12.5 Å². The quantitative estimate of drug-likeness (QED) is 0.0623. The lowest BCUT2D eigenvalue weighted by Crippen LogP contribution is -2.37. The molecule has 3 aliphatic rings. The van der Waals surface area contributed by atoms with Crippen LogP contribution in [0.15, 0.2) is 149 Å². The molecule has 0 bridgehead atoms. The van der Waals surface area contributed by atoms with Crippen LogP contribution in [0.4, 0.5) is 35.9 Å². The van der Waals surface area contributed by atoms with E-state index >= 15 is 0 Å². The summed E-state index contributed by atoms with van der Waals surface area (Å²) in [7, 11) is 0. The predicted molar refractivity (Wildman–Crippen MR) is 265 cm³/mol. The Balaban J connectivity index is 0.00000101. The first-order chi connectivity index (χ1) is 32.5. The number of benzene rings is 4. The lowest BCUT2D eigenvalue weighted by Gasteiger charge is -2.26. The van der Waals surface area contributed by atoms with E-state index in [4.69, 9.17) is 21.5 Å². The summed E-state index contributed by atoms with van der Waals surface area (Å²) in [5, 5.41) is 15.7. The number of halogens is 4. The van der Waals surface area contributed by atoms with Crippen LogP contribution in [0.25, 0.3) is 0 Å². The van der Waals surface area contributed by atoms with Crippen molar-refractivity contribution in [2.45, 2.75) is 115 Å². The van der Waals surface area contributed by atoms with Crippen LogP contribution in [-0.4, -0.2) is 47.3 Å². The van der Waals surface area contributed by atoms with E-state index in [1.807, 2.05) is 60.7 Å². The average molecular weight is 948 g/mol. The molecule has 8 nitrogen and oxygen atoms in total. The Kier molecular flexibility index (Phi) is 17.5. The van der Waals surface area contributed by atoms with Crippen LogP contribution >= 0.6 is 11.6 Å². The van der Waals surface area contributed by atoms with Gasteiger partial charge in [0.2, 0.25) is 17.5 Å². The maximum Gasteiger partial charge on any atom is 0.430 e. The standard InChI is InChI=1S/C54H61ClN4O2.C2HF3O2/c1-53(2)44-28-15-17-30-46(44)58(38-19-7-13-32-50(60)56-42-24-9-5-10-25-42)48(53)36-34-40-22-21-23-41(52(40)55)35-37-49-54(3,4)45-29-16-18-31-47(45)59(49)39-20-8-14-33-51(61)57-43-26-11-6-12-27-43;3-2(4,5)1(6)7/h5-6,9-12,15-18,24-31,34-36,41H,7-8,13-14,19-23,32-33,38-39H2,1-4H3,(H-,56,57,60,61);(H,6,7)/b36-34+;. The molecule has 2 aliphatic heterocycles. The highest BCUT2D eigenvalue weighted by atomic mass is 35.5. The van der Waals surface area contributed by atoms with E-state index < -0.39 is 12.1 Å². The van der Waals surface area contributed by atoms with Gasteiger partial charge in [-0.25, -0.2) is 0 Å². The molecule has 7 rings (SSSR count). The number of para-hydroxylation sites is 4. The fraction of sp³-hybridized carbons (Fsp3) is 0.375. The number of aliphatic carboxylic acids is 1. The average Bonchev–Trinajstić information content (AvgIpc) is 3.66. The minimum Gasteiger partial charge on any atom is -0.542 e. The van der Waals surface area contributed by atoms with E-state index in [9.17, 15) is 22.8 Å². The zero-order valence-electron chi connectivity index (χ0n) is 39.4. The van der Waals surface area contributed by atoms with E-state index in [2.05, 4.69) is 120 Å². The van der Waals surface area contributed by atoms with Crippen molar-refractivity contribution in [3.63, 3.8) is 0 Å². The van der Waals surface area contributed by atoms with Crippen molar-refractivity contribution in [1.82, 2.24) is 0 Å². The highest BCUT2D eigenvalue weighted by Crippen LogP contribution is 2.48. The zero-order chi connectivity index (χ0) is 48.9. The maximum absolute atomic E-state index is 12.6. The molecule has 1 aliphatic carbocycles. The molecule has 0 aromatic heterocycles. The molecule has 2 amide bonds. The molecular formula is C56H62ClF3N4O4. The Bertz CT molecular complexity index is 2580. The topological polar surface area (TPSA) is 105 Å². The summed E-state index contributed by atoms with van der Waals surface area (Å²) in [5.41, 5.74) is 14.0. The first kappa shape index (κ1) is 51.2. The number of allylic oxidation sites excluding steroid dienone is 5. The summed E-state index contributed by atoms with van der Waals surface area (Å²) < 4.78 is 34.0. The number of rotatable bonds is 17. The number of alkyl halides is 3. The van der Waals surface area contributed by atoms with Crippen molar-refractivity contribution in [1.29, 1.82) is 0 Å². The Morgan fingerprint density at radius 2 is 1.29 bits per heavy atom. The summed E-state index contributed by atoms with van der Waals surface area (Å²) in [6, 6.07) is 36.9. The van der Waals surface area contributed by atoms with Gasteiger partial charge in [-0.05, 0) is 120 Å². The normalized spacial score (nSPS) is 17.0. The monoisotopic (exact) mass is 946 g/mol. The molecule has 4 aromatic carbocycles. The Morgan fingerprint density at radius 3 is 1.90 bits per heavy atom. The van der Waals surface area contributed by atoms with Crippen molar-refractivity contribution < 1.29 is 37.2 Å². The number of hydrogen-bond acceptors (Lipinski definition) is 5. The molecule has 12 heteroatoms. The van der Waals surface area contributed by atoms with E-state index in [0.29, 0.717) is 12.8 Å². The fourth-order valence-corrected chi connectivity index (χ4v) is 9.65. The second kappa shape index (κ2) is 23.2. The molecule has 2 N–H and O–H groups in total. The summed E-state index contributed by atoms with van der Waals surface area (Å²) in [6.07, 6.45) is 11.3. The third kappa shape index (κ3) is 13.1. The van der Waals surface area contributed by atoms with Crippen LogP contribution in [0, 0.1) is 5.92 Å². The molecule has 0 saturated heterocycles. The number of anilines is 3. The first-order valence-corrected chi connectivity index (χ1v) is 24.0. The third-order valence-electron chi connectivity index (χ3n) is 12.9. The van der Waals surface area contributed by atoms with E-state index in [1.54, 1.807) is 0 Å². The van der Waals surface area contributed by atoms with Gasteiger partial charge in [-0.2, -0.15) is 17.7 Å². The van der Waals surface area contributed by atoms with Gasteiger partial charge in [0, 0.05) is 76.9 Å². The zero-order valence-corrected chi connectivity index (χ0v) is 40.2. The lowest BCUT2D eigenvalue weighted by molar-refractivity contribution is -0.438. The number of hydrogen-bond donors (Lipinski definition) is 2. The molecule has 1 atom stereocenters. The summed E-state index contributed by atoms with van der Waals surface area (Å²) in [4.78, 5) is 36.4. The summed E-state index contributed by atoms with van der Waals surface area (Å²) >= 11 is 7.35. The van der Waals surface area contributed by atoms with Crippen LogP contribution in [-0.2, 0) is 25.2 Å².